The minimum absolute atomic E-state index is 0.0786. The summed E-state index contributed by atoms with van der Waals surface area (Å²) in [5.74, 6) is -0.895. The third-order valence-corrected chi connectivity index (χ3v) is 13.2. The first kappa shape index (κ1) is 67.8. The highest BCUT2D eigenvalue weighted by molar-refractivity contribution is 5.71. The Hall–Kier alpha value is -3.15. The van der Waals surface area contributed by atoms with Crippen molar-refractivity contribution in [3.8, 4) is 0 Å². The molecule has 0 aromatic rings. The molecule has 1 atom stereocenters. The first-order chi connectivity index (χ1) is 35.0. The Morgan fingerprint density at radius 3 is 0.873 bits per heavy atom. The van der Waals surface area contributed by atoms with Gasteiger partial charge in [-0.1, -0.05) is 267 Å². The van der Waals surface area contributed by atoms with E-state index in [0.29, 0.717) is 19.3 Å². The van der Waals surface area contributed by atoms with Crippen molar-refractivity contribution in [1.82, 2.24) is 0 Å². The molecule has 0 aromatic heterocycles. The van der Waals surface area contributed by atoms with Gasteiger partial charge in [0.1, 0.15) is 13.2 Å². The van der Waals surface area contributed by atoms with Crippen molar-refractivity contribution in [2.24, 2.45) is 0 Å². The minimum atomic E-state index is -0.778. The summed E-state index contributed by atoms with van der Waals surface area (Å²) in [6.07, 6.45) is 76.7. The number of unbranched alkanes of at least 4 members (excludes halogenated alkanes) is 32. The molecule has 0 aliphatic heterocycles. The molecular weight excluding hydrogens is 877 g/mol. The number of ether oxygens (including phenoxy) is 3. The molecule has 71 heavy (non-hydrogen) atoms. The van der Waals surface area contributed by atoms with E-state index in [1.54, 1.807) is 0 Å². The van der Waals surface area contributed by atoms with Crippen LogP contribution in [-0.2, 0) is 28.6 Å². The van der Waals surface area contributed by atoms with Crippen LogP contribution in [0.2, 0.25) is 0 Å². The van der Waals surface area contributed by atoms with Gasteiger partial charge in [0.25, 0.3) is 0 Å². The number of carbonyl (C=O) groups excluding carboxylic acids is 3. The van der Waals surface area contributed by atoms with E-state index in [1.165, 1.54) is 161 Å². The van der Waals surface area contributed by atoms with Crippen LogP contribution in [0.5, 0.6) is 0 Å². The maximum absolute atomic E-state index is 12.8. The van der Waals surface area contributed by atoms with Gasteiger partial charge in [0.2, 0.25) is 0 Å². The van der Waals surface area contributed by atoms with Gasteiger partial charge in [-0.15, -0.1) is 0 Å². The Morgan fingerprint density at radius 1 is 0.296 bits per heavy atom. The SMILES string of the molecule is CC/C=C\C/C=C\C/C=C\C/C=C\C/C=C\CCCCCCCCCC(=O)OC(COC(=O)CCCCCCC)COC(=O)CCCCCCCCCCCCCCC/C=C\CCCCCCCCCC. The van der Waals surface area contributed by atoms with Gasteiger partial charge in [-0.05, 0) is 89.9 Å². The maximum atomic E-state index is 12.8. The molecule has 0 rings (SSSR count). The monoisotopic (exact) mass is 991 g/mol. The van der Waals surface area contributed by atoms with Gasteiger partial charge < -0.3 is 14.2 Å². The van der Waals surface area contributed by atoms with Crippen molar-refractivity contribution in [2.45, 2.75) is 309 Å². The number of carbonyl (C=O) groups is 3. The molecule has 0 aromatic carbocycles. The third-order valence-electron chi connectivity index (χ3n) is 13.2. The second-order valence-corrected chi connectivity index (χ2v) is 20.2. The fraction of sp³-hybridized carbons (Fsp3) is 0.769. The highest BCUT2D eigenvalue weighted by Gasteiger charge is 2.19. The van der Waals surface area contributed by atoms with Crippen LogP contribution in [0.4, 0.5) is 0 Å². The van der Waals surface area contributed by atoms with Crippen molar-refractivity contribution in [3.05, 3.63) is 72.9 Å². The average Bonchev–Trinajstić information content (AvgIpc) is 3.37. The second-order valence-electron chi connectivity index (χ2n) is 20.2. The van der Waals surface area contributed by atoms with Gasteiger partial charge in [-0.25, -0.2) is 0 Å². The fourth-order valence-electron chi connectivity index (χ4n) is 8.64. The largest absolute Gasteiger partial charge is 0.462 e. The van der Waals surface area contributed by atoms with Crippen LogP contribution in [0.25, 0.3) is 0 Å². The molecule has 0 saturated carbocycles. The molecule has 0 heterocycles. The van der Waals surface area contributed by atoms with E-state index >= 15 is 0 Å². The number of hydrogen-bond donors (Lipinski definition) is 0. The van der Waals surface area contributed by atoms with Gasteiger partial charge in [-0.2, -0.15) is 0 Å². The van der Waals surface area contributed by atoms with Gasteiger partial charge in [0.05, 0.1) is 0 Å². The van der Waals surface area contributed by atoms with Gasteiger partial charge in [-0.3, -0.25) is 14.4 Å². The Balaban J connectivity index is 4.07. The first-order valence-electron chi connectivity index (χ1n) is 30.4. The van der Waals surface area contributed by atoms with E-state index in [9.17, 15) is 14.4 Å². The summed E-state index contributed by atoms with van der Waals surface area (Å²) in [6.45, 7) is 6.46. The van der Waals surface area contributed by atoms with Gasteiger partial charge >= 0.3 is 17.9 Å². The number of hydrogen-bond acceptors (Lipinski definition) is 6. The highest BCUT2D eigenvalue weighted by Crippen LogP contribution is 2.16. The quantitative estimate of drug-likeness (QED) is 0.0261. The van der Waals surface area contributed by atoms with Crippen molar-refractivity contribution < 1.29 is 28.6 Å². The summed E-state index contributed by atoms with van der Waals surface area (Å²) < 4.78 is 16.7. The zero-order valence-corrected chi connectivity index (χ0v) is 47.0. The lowest BCUT2D eigenvalue weighted by molar-refractivity contribution is -0.167. The molecule has 0 amide bonds. The van der Waals surface area contributed by atoms with Crippen LogP contribution < -0.4 is 0 Å². The lowest BCUT2D eigenvalue weighted by Crippen LogP contribution is -2.30. The van der Waals surface area contributed by atoms with Crippen LogP contribution in [0.3, 0.4) is 0 Å². The van der Waals surface area contributed by atoms with E-state index in [4.69, 9.17) is 14.2 Å². The zero-order chi connectivity index (χ0) is 51.4. The Bertz CT molecular complexity index is 1320. The molecule has 0 N–H and O–H groups in total. The summed E-state index contributed by atoms with van der Waals surface area (Å²) in [4.78, 5) is 37.9. The molecule has 410 valence electrons. The zero-order valence-electron chi connectivity index (χ0n) is 47.0. The van der Waals surface area contributed by atoms with Crippen LogP contribution in [-0.4, -0.2) is 37.2 Å². The Morgan fingerprint density at radius 2 is 0.549 bits per heavy atom. The topological polar surface area (TPSA) is 78.9 Å². The molecule has 6 nitrogen and oxygen atoms in total. The first-order valence-corrected chi connectivity index (χ1v) is 30.4. The van der Waals surface area contributed by atoms with E-state index < -0.39 is 6.10 Å². The molecule has 1 unspecified atom stereocenters. The van der Waals surface area contributed by atoms with Gasteiger partial charge in [0, 0.05) is 19.3 Å². The van der Waals surface area contributed by atoms with Gasteiger partial charge in [0.15, 0.2) is 6.10 Å². The highest BCUT2D eigenvalue weighted by atomic mass is 16.6. The van der Waals surface area contributed by atoms with E-state index in [1.807, 2.05) is 0 Å². The molecule has 0 aliphatic carbocycles. The van der Waals surface area contributed by atoms with Crippen molar-refractivity contribution in [1.29, 1.82) is 0 Å². The van der Waals surface area contributed by atoms with E-state index in [-0.39, 0.29) is 31.1 Å². The summed E-state index contributed by atoms with van der Waals surface area (Å²) >= 11 is 0. The Kier molecular flexibility index (Phi) is 56.8. The van der Waals surface area contributed by atoms with Crippen LogP contribution in [0.15, 0.2) is 72.9 Å². The van der Waals surface area contributed by atoms with E-state index in [0.717, 1.165) is 103 Å². The lowest BCUT2D eigenvalue weighted by Gasteiger charge is -2.18. The Labute approximate surface area is 440 Å². The van der Waals surface area contributed by atoms with Crippen molar-refractivity contribution >= 4 is 17.9 Å². The number of esters is 3. The van der Waals surface area contributed by atoms with Crippen LogP contribution in [0, 0.1) is 0 Å². The molecule has 0 aliphatic rings. The molecule has 0 bridgehead atoms. The molecule has 0 radical (unpaired) electrons. The predicted molar refractivity (Wildman–Crippen MR) is 307 cm³/mol. The maximum Gasteiger partial charge on any atom is 0.306 e. The standard InChI is InChI=1S/C65H114O6/c1-4-7-10-13-15-17-19-21-23-25-27-29-31-32-34-35-37-39-41-43-45-47-49-52-55-58-64(67)70-61-62(60-69-63(66)57-54-51-12-9-6-3)71-65(68)59-56-53-50-48-46-44-42-40-38-36-33-30-28-26-24-22-20-18-16-14-11-8-5-2/h8,11,16,18,22,24-25,27-28,30,36,38,62H,4-7,9-10,12-15,17,19-21,23,26,29,31-35,37,39-61H2,1-3H3/b11-8-,18-16-,24-22-,27-25-,30-28-,38-36-. The molecule has 6 heteroatoms. The van der Waals surface area contributed by atoms with Crippen molar-refractivity contribution in [3.63, 3.8) is 0 Å². The third kappa shape index (κ3) is 57.6. The second kappa shape index (κ2) is 59.4. The summed E-state index contributed by atoms with van der Waals surface area (Å²) in [6, 6.07) is 0. The predicted octanol–water partition coefficient (Wildman–Crippen LogP) is 20.5. The van der Waals surface area contributed by atoms with Crippen LogP contribution in [0.1, 0.15) is 303 Å². The summed E-state index contributed by atoms with van der Waals surface area (Å²) in [5, 5.41) is 0. The van der Waals surface area contributed by atoms with E-state index in [2.05, 4.69) is 93.7 Å². The lowest BCUT2D eigenvalue weighted by atomic mass is 10.0. The number of allylic oxidation sites excluding steroid dienone is 12. The minimum Gasteiger partial charge on any atom is -0.462 e. The van der Waals surface area contributed by atoms with Crippen LogP contribution >= 0.6 is 0 Å². The summed E-state index contributed by atoms with van der Waals surface area (Å²) in [7, 11) is 0. The normalized spacial score (nSPS) is 12.5. The smallest absolute Gasteiger partial charge is 0.306 e. The molecule has 0 spiro atoms. The van der Waals surface area contributed by atoms with Crippen molar-refractivity contribution in [2.75, 3.05) is 13.2 Å². The fourth-order valence-corrected chi connectivity index (χ4v) is 8.64. The molecule has 0 fully saturated rings. The molecule has 0 saturated heterocycles. The molecular formula is C65H114O6. The number of rotatable bonds is 55. The summed E-state index contributed by atoms with van der Waals surface area (Å²) in [5.41, 5.74) is 0. The average molecular weight is 992 g/mol.